The predicted molar refractivity (Wildman–Crippen MR) is 207 cm³/mol. The number of allylic oxidation sites excluding steroid dienone is 6. The maximum absolute atomic E-state index is 11.1. The van der Waals surface area contributed by atoms with Gasteiger partial charge in [0.05, 0.1) is 19.3 Å². The highest BCUT2D eigenvalue weighted by atomic mass is 16.7. The lowest BCUT2D eigenvalue weighted by Gasteiger charge is -2.29. The molecule has 48 heavy (non-hydrogen) atoms. The largest absolute Gasteiger partial charge is 0.480 e. The second-order valence-corrected chi connectivity index (χ2v) is 14.6. The molecule has 0 bridgehead atoms. The molecular weight excluding hydrogens is 594 g/mol. The van der Waals surface area contributed by atoms with Crippen molar-refractivity contribution in [2.24, 2.45) is 0 Å². The number of carbonyl (C=O) groups is 1. The number of hydrogen-bond donors (Lipinski definition) is 1. The average Bonchev–Trinajstić information content (AvgIpc) is 3.46. The van der Waals surface area contributed by atoms with E-state index in [4.69, 9.17) is 14.6 Å². The van der Waals surface area contributed by atoms with Crippen molar-refractivity contribution in [1.82, 2.24) is 4.90 Å². The molecule has 0 aromatic heterocycles. The topological polar surface area (TPSA) is 59.0 Å². The lowest BCUT2D eigenvalue weighted by Crippen LogP contribution is -2.36. The number of hydrogen-bond acceptors (Lipinski definition) is 4. The van der Waals surface area contributed by atoms with Crippen molar-refractivity contribution in [2.75, 3.05) is 26.7 Å². The van der Waals surface area contributed by atoms with E-state index in [2.05, 4.69) is 50.3 Å². The molecule has 1 fully saturated rings. The van der Waals surface area contributed by atoms with Gasteiger partial charge in [0.15, 0.2) is 5.79 Å². The summed E-state index contributed by atoms with van der Waals surface area (Å²) in [5.74, 6) is -1.28. The van der Waals surface area contributed by atoms with Gasteiger partial charge in [0.1, 0.15) is 0 Å². The van der Waals surface area contributed by atoms with Crippen molar-refractivity contribution in [2.45, 2.75) is 206 Å². The molecule has 0 aliphatic carbocycles. The lowest BCUT2D eigenvalue weighted by molar-refractivity contribution is -0.180. The minimum absolute atomic E-state index is 0.0355. The van der Waals surface area contributed by atoms with Gasteiger partial charge in [-0.3, -0.25) is 9.69 Å². The fraction of sp³-hybridized carbons (Fsp3) is 0.837. The van der Waals surface area contributed by atoms with Crippen LogP contribution in [0.15, 0.2) is 36.5 Å². The summed E-state index contributed by atoms with van der Waals surface area (Å²) in [6.45, 7) is 5.74. The van der Waals surface area contributed by atoms with Gasteiger partial charge >= 0.3 is 5.97 Å². The maximum atomic E-state index is 11.1. The quantitative estimate of drug-likeness (QED) is 0.0536. The van der Waals surface area contributed by atoms with Crippen LogP contribution in [0.1, 0.15) is 194 Å². The predicted octanol–water partition coefficient (Wildman–Crippen LogP) is 12.7. The average molecular weight is 674 g/mol. The summed E-state index contributed by atoms with van der Waals surface area (Å²) < 4.78 is 13.0. The first-order valence-electron chi connectivity index (χ1n) is 20.7. The molecule has 5 nitrogen and oxygen atoms in total. The molecule has 0 saturated carbocycles. The fourth-order valence-electron chi connectivity index (χ4n) is 6.76. The molecule has 1 rings (SSSR count). The van der Waals surface area contributed by atoms with Gasteiger partial charge in [-0.05, 0) is 77.7 Å². The lowest BCUT2D eigenvalue weighted by atomic mass is 9.98. The van der Waals surface area contributed by atoms with E-state index >= 15 is 0 Å². The monoisotopic (exact) mass is 674 g/mol. The number of aliphatic carboxylic acids is 1. The van der Waals surface area contributed by atoms with Gasteiger partial charge in [-0.15, -0.1) is 0 Å². The zero-order chi connectivity index (χ0) is 34.8. The third kappa shape index (κ3) is 27.4. The molecule has 0 aromatic carbocycles. The van der Waals surface area contributed by atoms with Crippen LogP contribution in [0.5, 0.6) is 0 Å². The van der Waals surface area contributed by atoms with E-state index in [0.29, 0.717) is 13.2 Å². The van der Waals surface area contributed by atoms with E-state index in [-0.39, 0.29) is 12.6 Å². The van der Waals surface area contributed by atoms with Gasteiger partial charge in [-0.25, -0.2) is 0 Å². The Hall–Kier alpha value is -1.43. The molecule has 1 saturated heterocycles. The number of carboxylic acid groups (broad SMARTS) is 1. The first-order chi connectivity index (χ1) is 23.5. The zero-order valence-electron chi connectivity index (χ0n) is 32.1. The van der Waals surface area contributed by atoms with Crippen molar-refractivity contribution in [3.63, 3.8) is 0 Å². The van der Waals surface area contributed by atoms with Gasteiger partial charge in [-0.2, -0.15) is 0 Å². The second-order valence-electron chi connectivity index (χ2n) is 14.6. The summed E-state index contributed by atoms with van der Waals surface area (Å²) in [6.07, 6.45) is 49.3. The Kier molecular flexibility index (Phi) is 30.4. The fourth-order valence-corrected chi connectivity index (χ4v) is 6.76. The van der Waals surface area contributed by atoms with Gasteiger partial charge < -0.3 is 14.6 Å². The van der Waals surface area contributed by atoms with E-state index in [1.807, 2.05) is 11.9 Å². The van der Waals surface area contributed by atoms with E-state index in [1.54, 1.807) is 0 Å². The minimum Gasteiger partial charge on any atom is -0.480 e. The highest BCUT2D eigenvalue weighted by Gasteiger charge is 2.40. The molecule has 0 spiro atoms. The zero-order valence-corrected chi connectivity index (χ0v) is 32.1. The summed E-state index contributed by atoms with van der Waals surface area (Å²) >= 11 is 0. The summed E-state index contributed by atoms with van der Waals surface area (Å²) in [6, 6.07) is 0. The Morgan fingerprint density at radius 1 is 0.625 bits per heavy atom. The number of nitrogens with zero attached hydrogens (tertiary/aromatic N) is 1. The first-order valence-corrected chi connectivity index (χ1v) is 20.7. The van der Waals surface area contributed by atoms with E-state index < -0.39 is 11.8 Å². The molecular formula is C43H79NO4. The van der Waals surface area contributed by atoms with Crippen molar-refractivity contribution in [3.05, 3.63) is 36.5 Å². The molecule has 0 aromatic rings. The van der Waals surface area contributed by atoms with Gasteiger partial charge in [0, 0.05) is 19.4 Å². The van der Waals surface area contributed by atoms with Gasteiger partial charge in [0.2, 0.25) is 0 Å². The SMILES string of the molecule is CCCCC/C=C\C/C=C\CCCCCCCCC1(CCCCCCCC/C=C\CCCCCCCC)OC[C@H](CN(C)CC(=O)O)O1. The van der Waals surface area contributed by atoms with Crippen LogP contribution in [0.25, 0.3) is 0 Å². The Morgan fingerprint density at radius 3 is 1.50 bits per heavy atom. The van der Waals surface area contributed by atoms with Crippen molar-refractivity contribution in [3.8, 4) is 0 Å². The normalized spacial score (nSPS) is 18.5. The van der Waals surface area contributed by atoms with Crippen molar-refractivity contribution in [1.29, 1.82) is 0 Å². The van der Waals surface area contributed by atoms with Crippen LogP contribution in [0.2, 0.25) is 0 Å². The molecule has 1 N–H and O–H groups in total. The third-order valence-electron chi connectivity index (χ3n) is 9.66. The van der Waals surface area contributed by atoms with Crippen LogP contribution >= 0.6 is 0 Å². The molecule has 280 valence electrons. The van der Waals surface area contributed by atoms with Crippen LogP contribution in [0.4, 0.5) is 0 Å². The smallest absolute Gasteiger partial charge is 0.317 e. The second kappa shape index (κ2) is 32.8. The van der Waals surface area contributed by atoms with E-state index in [9.17, 15) is 4.79 Å². The summed E-state index contributed by atoms with van der Waals surface area (Å²) in [5, 5.41) is 9.16. The van der Waals surface area contributed by atoms with Gasteiger partial charge in [0.25, 0.3) is 0 Å². The highest BCUT2D eigenvalue weighted by molar-refractivity contribution is 5.69. The Morgan fingerprint density at radius 2 is 1.02 bits per heavy atom. The van der Waals surface area contributed by atoms with E-state index in [1.165, 1.54) is 148 Å². The van der Waals surface area contributed by atoms with E-state index in [0.717, 1.165) is 32.1 Å². The first kappa shape index (κ1) is 44.6. The summed E-state index contributed by atoms with van der Waals surface area (Å²) in [7, 11) is 1.85. The molecule has 1 aliphatic rings. The molecule has 2 atom stereocenters. The van der Waals surface area contributed by atoms with Crippen LogP contribution in [-0.2, 0) is 14.3 Å². The number of likely N-dealkylation sites (N-methyl/N-ethyl adjacent to an activating group) is 1. The van der Waals surface area contributed by atoms with Crippen molar-refractivity contribution >= 4 is 5.97 Å². The molecule has 1 unspecified atom stereocenters. The Bertz CT molecular complexity index is 809. The number of carboxylic acids is 1. The van der Waals surface area contributed by atoms with Crippen molar-refractivity contribution < 1.29 is 19.4 Å². The molecule has 0 radical (unpaired) electrons. The van der Waals surface area contributed by atoms with Crippen LogP contribution in [0.3, 0.4) is 0 Å². The third-order valence-corrected chi connectivity index (χ3v) is 9.66. The molecule has 5 heteroatoms. The highest BCUT2D eigenvalue weighted by Crippen LogP contribution is 2.35. The molecule has 1 aliphatic heterocycles. The number of unbranched alkanes of at least 4 members (excludes halogenated alkanes) is 21. The standard InChI is InChI=1S/C43H79NO4/c1-4-6-8-10-12-14-16-18-20-22-24-26-28-30-32-34-36-43(47-40-41(48-43)38-44(3)39-42(45)46)37-35-33-31-29-27-25-23-21-19-17-15-13-11-9-7-5-2/h12,14,18-21,41H,4-11,13,15-17,22-40H2,1-3H3,(H,45,46)/b14-12-,20-18-,21-19-/t41-,43?/m0/s1. The van der Waals surface area contributed by atoms with Crippen LogP contribution < -0.4 is 0 Å². The number of rotatable bonds is 35. The Labute approximate surface area is 298 Å². The molecule has 0 amide bonds. The minimum atomic E-state index is -0.798. The number of ether oxygens (including phenoxy) is 2. The maximum Gasteiger partial charge on any atom is 0.317 e. The summed E-state index contributed by atoms with van der Waals surface area (Å²) in [5.41, 5.74) is 0. The van der Waals surface area contributed by atoms with Crippen LogP contribution in [-0.4, -0.2) is 54.6 Å². The van der Waals surface area contributed by atoms with Crippen LogP contribution in [0, 0.1) is 0 Å². The summed E-state index contributed by atoms with van der Waals surface area (Å²) in [4.78, 5) is 13.0. The molecule has 1 heterocycles. The Balaban J connectivity index is 2.22. The van der Waals surface area contributed by atoms with Gasteiger partial charge in [-0.1, -0.05) is 147 Å².